The number of nitrogens with zero attached hydrogens (tertiary/aromatic N) is 3. The summed E-state index contributed by atoms with van der Waals surface area (Å²) < 4.78 is 5.20. The van der Waals surface area contributed by atoms with Gasteiger partial charge in [-0.2, -0.15) is 0 Å². The lowest BCUT2D eigenvalue weighted by atomic mass is 9.96. The zero-order valence-electron chi connectivity index (χ0n) is 21.4. The second-order valence-electron chi connectivity index (χ2n) is 8.51. The van der Waals surface area contributed by atoms with E-state index >= 15 is 0 Å². The van der Waals surface area contributed by atoms with Gasteiger partial charge in [0.25, 0.3) is 0 Å². The molecule has 0 spiro atoms. The van der Waals surface area contributed by atoms with Crippen molar-refractivity contribution < 1.29 is 44.3 Å². The monoisotopic (exact) mass is 539 g/mol. The van der Waals surface area contributed by atoms with Gasteiger partial charge in [0.15, 0.2) is 5.60 Å². The molecule has 0 aliphatic rings. The summed E-state index contributed by atoms with van der Waals surface area (Å²) in [5, 5.41) is 34.8. The number of carboxylic acid groups (broad SMARTS) is 3. The molecule has 1 heterocycles. The number of methoxy groups -OCH3 is 1. The Bertz CT molecular complexity index is 1070. The van der Waals surface area contributed by atoms with Crippen molar-refractivity contribution in [2.75, 3.05) is 41.3 Å². The normalized spacial score (nSPS) is 10.9. The number of hydrogen-bond acceptors (Lipinski definition) is 9. The highest BCUT2D eigenvalue weighted by Gasteiger charge is 2.40. The predicted molar refractivity (Wildman–Crippen MR) is 136 cm³/mol. The number of carboxylic acids is 3. The molecule has 0 saturated carbocycles. The SMILES string of the molecule is COc1ccc(-c2nc(C)sc2CC(=O)N(C)CCN(C)C)cc1.O=C(O)CC(O)(CC(=O)O)C(=O)O. The third-order valence-electron chi connectivity index (χ3n) is 5.07. The number of benzene rings is 1. The number of hydrogen-bond donors (Lipinski definition) is 4. The Morgan fingerprint density at radius 3 is 1.95 bits per heavy atom. The fourth-order valence-corrected chi connectivity index (χ4v) is 3.97. The van der Waals surface area contributed by atoms with Crippen LogP contribution in [0.3, 0.4) is 0 Å². The van der Waals surface area contributed by atoms with Gasteiger partial charge < -0.3 is 35.0 Å². The number of aliphatic hydroxyl groups is 1. The number of aromatic nitrogens is 1. The molecule has 2 rings (SSSR count). The van der Waals surface area contributed by atoms with Crippen molar-refractivity contribution in [2.24, 2.45) is 0 Å². The van der Waals surface area contributed by atoms with Gasteiger partial charge in [0.1, 0.15) is 5.75 Å². The van der Waals surface area contributed by atoms with Gasteiger partial charge in [-0.1, -0.05) is 0 Å². The van der Waals surface area contributed by atoms with Crippen molar-refractivity contribution in [1.29, 1.82) is 0 Å². The fourth-order valence-electron chi connectivity index (χ4n) is 3.02. The number of likely N-dealkylation sites (N-methyl/N-ethyl adjacent to an activating group) is 2. The van der Waals surface area contributed by atoms with E-state index in [-0.39, 0.29) is 5.91 Å². The average Bonchev–Trinajstić information content (AvgIpc) is 3.16. The number of thiazole rings is 1. The van der Waals surface area contributed by atoms with Crippen LogP contribution < -0.4 is 4.74 Å². The van der Waals surface area contributed by atoms with E-state index < -0.39 is 36.4 Å². The van der Waals surface area contributed by atoms with Crippen molar-refractivity contribution in [2.45, 2.75) is 31.8 Å². The van der Waals surface area contributed by atoms with Crippen molar-refractivity contribution in [3.05, 3.63) is 34.2 Å². The van der Waals surface area contributed by atoms with Crippen LogP contribution in [0.25, 0.3) is 11.3 Å². The van der Waals surface area contributed by atoms with Gasteiger partial charge >= 0.3 is 17.9 Å². The topological polar surface area (TPSA) is 178 Å². The Labute approximate surface area is 218 Å². The molecule has 204 valence electrons. The molecular formula is C24H33N3O9S. The maximum Gasteiger partial charge on any atom is 0.336 e. The molecule has 2 aromatic rings. The molecule has 13 heteroatoms. The van der Waals surface area contributed by atoms with Crippen LogP contribution in [-0.4, -0.2) is 106 Å². The van der Waals surface area contributed by atoms with Crippen LogP contribution in [0.2, 0.25) is 0 Å². The second kappa shape index (κ2) is 14.3. The van der Waals surface area contributed by atoms with Gasteiger partial charge in [0.05, 0.1) is 37.1 Å². The number of aryl methyl sites for hydroxylation is 1. The van der Waals surface area contributed by atoms with E-state index in [1.165, 1.54) is 0 Å². The van der Waals surface area contributed by atoms with Crippen LogP contribution >= 0.6 is 11.3 Å². The first-order valence-corrected chi connectivity index (χ1v) is 11.9. The molecule has 1 amide bonds. The molecule has 12 nitrogen and oxygen atoms in total. The fraction of sp³-hybridized carbons (Fsp3) is 0.458. The Morgan fingerprint density at radius 2 is 1.51 bits per heavy atom. The summed E-state index contributed by atoms with van der Waals surface area (Å²) in [6, 6.07) is 7.80. The lowest BCUT2D eigenvalue weighted by molar-refractivity contribution is -0.170. The maximum atomic E-state index is 12.5. The lowest BCUT2D eigenvalue weighted by Crippen LogP contribution is -2.42. The summed E-state index contributed by atoms with van der Waals surface area (Å²) in [6.45, 7) is 3.55. The molecule has 0 atom stereocenters. The lowest BCUT2D eigenvalue weighted by Gasteiger charge is -2.19. The second-order valence-corrected chi connectivity index (χ2v) is 9.79. The van der Waals surface area contributed by atoms with Crippen molar-refractivity contribution in [3.8, 4) is 17.0 Å². The summed E-state index contributed by atoms with van der Waals surface area (Å²) in [6.07, 6.45) is -1.90. The van der Waals surface area contributed by atoms with Gasteiger partial charge in [0, 0.05) is 30.6 Å². The molecule has 0 saturated heterocycles. The van der Waals surface area contributed by atoms with E-state index in [4.69, 9.17) is 25.2 Å². The van der Waals surface area contributed by atoms with E-state index in [0.717, 1.165) is 40.0 Å². The van der Waals surface area contributed by atoms with Crippen LogP contribution in [-0.2, 0) is 25.6 Å². The number of amides is 1. The number of carbonyl (C=O) groups is 4. The Kier molecular flexibility index (Phi) is 12.1. The van der Waals surface area contributed by atoms with Gasteiger partial charge in [-0.15, -0.1) is 11.3 Å². The highest BCUT2D eigenvalue weighted by atomic mass is 32.1. The standard InChI is InChI=1S/C18H25N3O2S.C6H8O7/c1-13-19-18(14-6-8-15(23-5)9-7-14)16(24-13)12-17(22)21(4)11-10-20(2)3;7-3(8)1-6(13,5(11)12)2-4(9)10/h6-9H,10-12H2,1-5H3;13H,1-2H2,(H,7,8)(H,9,10)(H,11,12). The van der Waals surface area contributed by atoms with Gasteiger partial charge in [0.2, 0.25) is 5.91 Å². The summed E-state index contributed by atoms with van der Waals surface area (Å²) in [7, 11) is 7.52. The average molecular weight is 540 g/mol. The number of ether oxygens (including phenoxy) is 1. The van der Waals surface area contributed by atoms with Gasteiger partial charge in [-0.05, 0) is 45.3 Å². The van der Waals surface area contributed by atoms with Gasteiger partial charge in [-0.25, -0.2) is 9.78 Å². The van der Waals surface area contributed by atoms with Gasteiger partial charge in [-0.3, -0.25) is 14.4 Å². The first-order chi connectivity index (χ1) is 17.2. The third kappa shape index (κ3) is 10.5. The molecule has 1 aromatic carbocycles. The minimum absolute atomic E-state index is 0.121. The van der Waals surface area contributed by atoms with Crippen LogP contribution in [0, 0.1) is 6.92 Å². The van der Waals surface area contributed by atoms with E-state index in [9.17, 15) is 19.2 Å². The summed E-state index contributed by atoms with van der Waals surface area (Å²) in [4.78, 5) is 52.5. The minimum Gasteiger partial charge on any atom is -0.497 e. The zero-order valence-corrected chi connectivity index (χ0v) is 22.2. The Balaban J connectivity index is 0.000000448. The highest BCUT2D eigenvalue weighted by molar-refractivity contribution is 7.12. The highest BCUT2D eigenvalue weighted by Crippen LogP contribution is 2.30. The van der Waals surface area contributed by atoms with Crippen LogP contribution in [0.5, 0.6) is 5.75 Å². The van der Waals surface area contributed by atoms with E-state index in [1.54, 1.807) is 23.3 Å². The molecular weight excluding hydrogens is 506 g/mol. The number of aliphatic carboxylic acids is 3. The predicted octanol–water partition coefficient (Wildman–Crippen LogP) is 1.44. The molecule has 37 heavy (non-hydrogen) atoms. The summed E-state index contributed by atoms with van der Waals surface area (Å²) >= 11 is 1.59. The largest absolute Gasteiger partial charge is 0.497 e. The van der Waals surface area contributed by atoms with E-state index in [1.807, 2.05) is 52.3 Å². The van der Waals surface area contributed by atoms with Crippen molar-refractivity contribution >= 4 is 35.2 Å². The van der Waals surface area contributed by atoms with Crippen molar-refractivity contribution in [3.63, 3.8) is 0 Å². The Morgan fingerprint density at radius 1 is 0.973 bits per heavy atom. The molecule has 0 aliphatic heterocycles. The molecule has 0 fully saturated rings. The molecule has 0 aliphatic carbocycles. The first-order valence-electron chi connectivity index (χ1n) is 11.1. The third-order valence-corrected chi connectivity index (χ3v) is 6.04. The van der Waals surface area contributed by atoms with Crippen LogP contribution in [0.4, 0.5) is 0 Å². The molecule has 0 bridgehead atoms. The molecule has 0 radical (unpaired) electrons. The summed E-state index contributed by atoms with van der Waals surface area (Å²) in [5.41, 5.74) is -0.828. The van der Waals surface area contributed by atoms with Crippen molar-refractivity contribution in [1.82, 2.24) is 14.8 Å². The van der Waals surface area contributed by atoms with Crippen LogP contribution in [0.15, 0.2) is 24.3 Å². The Hall–Kier alpha value is -3.55. The quantitative estimate of drug-likeness (QED) is 0.307. The zero-order chi connectivity index (χ0) is 28.3. The van der Waals surface area contributed by atoms with E-state index in [2.05, 4.69) is 9.88 Å². The van der Waals surface area contributed by atoms with E-state index in [0.29, 0.717) is 6.42 Å². The molecule has 4 N–H and O–H groups in total. The molecule has 1 aromatic heterocycles. The first kappa shape index (κ1) is 31.5. The van der Waals surface area contributed by atoms with Crippen LogP contribution in [0.1, 0.15) is 22.7 Å². The molecule has 0 unspecified atom stereocenters. The number of rotatable bonds is 12. The maximum absolute atomic E-state index is 12.5. The smallest absolute Gasteiger partial charge is 0.336 e. The summed E-state index contributed by atoms with van der Waals surface area (Å²) in [5.74, 6) is -4.09. The minimum atomic E-state index is -2.74. The number of carbonyl (C=O) groups excluding carboxylic acids is 1.